The highest BCUT2D eigenvalue weighted by molar-refractivity contribution is 6.30. The Bertz CT molecular complexity index is 1120. The van der Waals surface area contributed by atoms with Gasteiger partial charge >= 0.3 is 0 Å². The fraction of sp³-hybridized carbons (Fsp3) is 0.200. The van der Waals surface area contributed by atoms with Crippen molar-refractivity contribution in [2.45, 2.75) is 25.2 Å². The van der Waals surface area contributed by atoms with E-state index in [2.05, 4.69) is 29.2 Å². The quantitative estimate of drug-likeness (QED) is 0.344. The van der Waals surface area contributed by atoms with Crippen molar-refractivity contribution >= 4 is 28.4 Å². The van der Waals surface area contributed by atoms with E-state index in [-0.39, 0.29) is 11.7 Å². The summed E-state index contributed by atoms with van der Waals surface area (Å²) in [7, 11) is 1.91. The van der Waals surface area contributed by atoms with Gasteiger partial charge in [0.05, 0.1) is 11.0 Å². The molecule has 0 amide bonds. The van der Waals surface area contributed by atoms with E-state index in [9.17, 15) is 4.79 Å². The van der Waals surface area contributed by atoms with Gasteiger partial charge in [-0.2, -0.15) is 0 Å². The molecule has 0 saturated carbocycles. The molecule has 0 aliphatic rings. The Morgan fingerprint density at radius 1 is 0.966 bits per heavy atom. The van der Waals surface area contributed by atoms with Crippen LogP contribution in [0.2, 0.25) is 5.02 Å². The maximum Gasteiger partial charge on any atom is 0.198 e. The first-order valence-corrected chi connectivity index (χ1v) is 10.2. The van der Waals surface area contributed by atoms with Crippen LogP contribution in [0.1, 0.15) is 40.5 Å². The number of benzene rings is 3. The molecule has 1 heterocycles. The molecule has 1 aromatic heterocycles. The van der Waals surface area contributed by atoms with Gasteiger partial charge in [0.1, 0.15) is 0 Å². The van der Waals surface area contributed by atoms with Gasteiger partial charge in [-0.15, -0.1) is 0 Å². The van der Waals surface area contributed by atoms with Crippen LogP contribution < -0.4 is 0 Å². The molecule has 0 unspecified atom stereocenters. The summed E-state index contributed by atoms with van der Waals surface area (Å²) in [5, 5.41) is 0.741. The van der Waals surface area contributed by atoms with Gasteiger partial charge in [-0.3, -0.25) is 4.79 Å². The molecule has 0 radical (unpaired) electrons. The van der Waals surface area contributed by atoms with E-state index >= 15 is 0 Å². The highest BCUT2D eigenvalue weighted by Gasteiger charge is 2.21. The monoisotopic (exact) mass is 402 g/mol. The molecule has 0 bridgehead atoms. The Morgan fingerprint density at radius 3 is 2.38 bits per heavy atom. The molecule has 0 aliphatic carbocycles. The summed E-state index contributed by atoms with van der Waals surface area (Å²) in [4.78, 5) is 17.8. The number of Topliss-reactive ketones (excluding diaryl/α,β-unsaturated/α-hetero) is 1. The van der Waals surface area contributed by atoms with Gasteiger partial charge in [0.15, 0.2) is 11.6 Å². The van der Waals surface area contributed by atoms with Crippen molar-refractivity contribution in [1.29, 1.82) is 0 Å². The van der Waals surface area contributed by atoms with Crippen molar-refractivity contribution in [1.82, 2.24) is 9.55 Å². The normalized spacial score (nSPS) is 12.2. The van der Waals surface area contributed by atoms with Crippen LogP contribution in [0, 0.1) is 0 Å². The van der Waals surface area contributed by atoms with Crippen molar-refractivity contribution in [2.75, 3.05) is 0 Å². The van der Waals surface area contributed by atoms with E-state index in [0.29, 0.717) is 12.2 Å². The molecule has 0 fully saturated rings. The minimum Gasteiger partial charge on any atom is -0.325 e. The molecule has 0 spiro atoms. The molecule has 4 rings (SSSR count). The molecule has 0 N–H and O–H groups in total. The summed E-state index contributed by atoms with van der Waals surface area (Å²) < 4.78 is 1.90. The summed E-state index contributed by atoms with van der Waals surface area (Å²) in [6, 6.07) is 26.1. The first-order chi connectivity index (χ1) is 14.1. The van der Waals surface area contributed by atoms with Gasteiger partial charge in [-0.1, -0.05) is 66.2 Å². The number of halogens is 1. The molecule has 0 saturated heterocycles. The summed E-state index contributed by atoms with van der Waals surface area (Å²) >= 11 is 6.00. The largest absolute Gasteiger partial charge is 0.325 e. The number of aryl methyl sites for hydroxylation is 2. The van der Waals surface area contributed by atoms with Crippen molar-refractivity contribution < 1.29 is 4.79 Å². The lowest BCUT2D eigenvalue weighted by Crippen LogP contribution is -2.13. The summed E-state index contributed by atoms with van der Waals surface area (Å²) in [5.41, 5.74) is 4.25. The van der Waals surface area contributed by atoms with Crippen molar-refractivity contribution in [2.24, 2.45) is 7.05 Å². The summed E-state index contributed by atoms with van der Waals surface area (Å²) in [6.07, 6.45) is 2.22. The number of aromatic nitrogens is 2. The van der Waals surface area contributed by atoms with Crippen LogP contribution in [0.15, 0.2) is 78.9 Å². The zero-order valence-electron chi connectivity index (χ0n) is 16.4. The van der Waals surface area contributed by atoms with Crippen molar-refractivity contribution in [3.63, 3.8) is 0 Å². The number of carbonyl (C=O) groups is 1. The molecule has 146 valence electrons. The van der Waals surface area contributed by atoms with Crippen LogP contribution in [-0.2, 0) is 13.5 Å². The molecular formula is C25H23ClN2O. The second-order valence-electron chi connectivity index (χ2n) is 7.38. The van der Waals surface area contributed by atoms with E-state index < -0.39 is 0 Å². The third kappa shape index (κ3) is 4.41. The Balaban J connectivity index is 1.56. The maximum absolute atomic E-state index is 13.2. The lowest BCUT2D eigenvalue weighted by molar-refractivity contribution is 0.0959. The van der Waals surface area contributed by atoms with Crippen LogP contribution in [0.25, 0.3) is 11.0 Å². The number of hydrogen-bond donors (Lipinski definition) is 0. The number of para-hydroxylation sites is 2. The van der Waals surface area contributed by atoms with Gasteiger partial charge in [0.25, 0.3) is 0 Å². The van der Waals surface area contributed by atoms with Crippen molar-refractivity contribution in [3.05, 3.63) is 101 Å². The third-order valence-corrected chi connectivity index (χ3v) is 5.69. The van der Waals surface area contributed by atoms with E-state index in [4.69, 9.17) is 11.6 Å². The number of nitrogens with zero attached hydrogens (tertiary/aromatic N) is 2. The zero-order chi connectivity index (χ0) is 20.2. The van der Waals surface area contributed by atoms with E-state index in [0.717, 1.165) is 28.9 Å². The van der Waals surface area contributed by atoms with Crippen LogP contribution >= 0.6 is 11.6 Å². The second kappa shape index (κ2) is 8.62. The molecule has 3 aromatic carbocycles. The standard InChI is InChI=1S/C25H23ClN2O/c1-28-23-10-6-5-9-22(23)27-25(28)24(29)17-20(19-7-3-2-4-8-19)14-11-18-12-15-21(26)16-13-18/h2-10,12-13,15-16,20H,11,14,17H2,1H3/t20-/m1/s1. The highest BCUT2D eigenvalue weighted by Crippen LogP contribution is 2.28. The Labute approximate surface area is 176 Å². The minimum absolute atomic E-state index is 0.0775. The van der Waals surface area contributed by atoms with Crippen molar-refractivity contribution in [3.8, 4) is 0 Å². The van der Waals surface area contributed by atoms with E-state index in [1.165, 1.54) is 11.1 Å². The summed E-state index contributed by atoms with van der Waals surface area (Å²) in [5.74, 6) is 0.742. The molecule has 4 heteroatoms. The lowest BCUT2D eigenvalue weighted by atomic mass is 9.88. The first-order valence-electron chi connectivity index (χ1n) is 9.86. The predicted molar refractivity (Wildman–Crippen MR) is 119 cm³/mol. The average Bonchev–Trinajstić information content (AvgIpc) is 3.10. The van der Waals surface area contributed by atoms with Gasteiger partial charge in [0.2, 0.25) is 0 Å². The topological polar surface area (TPSA) is 34.9 Å². The molecule has 4 aromatic rings. The van der Waals surface area contributed by atoms with Gasteiger partial charge in [-0.05, 0) is 54.2 Å². The number of imidazole rings is 1. The molecule has 0 aliphatic heterocycles. The predicted octanol–water partition coefficient (Wildman–Crippen LogP) is 6.22. The maximum atomic E-state index is 13.2. The first kappa shape index (κ1) is 19.4. The van der Waals surface area contributed by atoms with Gasteiger partial charge in [0, 0.05) is 18.5 Å². The van der Waals surface area contributed by atoms with Crippen LogP contribution in [0.4, 0.5) is 0 Å². The lowest BCUT2D eigenvalue weighted by Gasteiger charge is -2.17. The van der Waals surface area contributed by atoms with E-state index in [1.807, 2.05) is 66.2 Å². The van der Waals surface area contributed by atoms with Gasteiger partial charge in [-0.25, -0.2) is 4.98 Å². The smallest absolute Gasteiger partial charge is 0.198 e. The van der Waals surface area contributed by atoms with Crippen LogP contribution in [0.3, 0.4) is 0 Å². The number of rotatable bonds is 7. The Morgan fingerprint density at radius 2 is 1.66 bits per heavy atom. The number of fused-ring (bicyclic) bond motifs is 1. The van der Waals surface area contributed by atoms with Crippen LogP contribution in [0.5, 0.6) is 0 Å². The second-order valence-corrected chi connectivity index (χ2v) is 7.82. The Kier molecular flexibility index (Phi) is 5.77. The zero-order valence-corrected chi connectivity index (χ0v) is 17.1. The number of hydrogen-bond acceptors (Lipinski definition) is 2. The Hall–Kier alpha value is -2.91. The number of ketones is 1. The van der Waals surface area contributed by atoms with Gasteiger partial charge < -0.3 is 4.57 Å². The average molecular weight is 403 g/mol. The number of carbonyl (C=O) groups excluding carboxylic acids is 1. The SMILES string of the molecule is Cn1c(C(=O)C[C@@H](CCc2ccc(Cl)cc2)c2ccccc2)nc2ccccc21. The molecule has 1 atom stereocenters. The minimum atomic E-state index is 0.0775. The molecule has 3 nitrogen and oxygen atoms in total. The van der Waals surface area contributed by atoms with Crippen LogP contribution in [-0.4, -0.2) is 15.3 Å². The fourth-order valence-corrected chi connectivity index (χ4v) is 3.94. The van der Waals surface area contributed by atoms with E-state index in [1.54, 1.807) is 0 Å². The highest BCUT2D eigenvalue weighted by atomic mass is 35.5. The summed E-state index contributed by atoms with van der Waals surface area (Å²) in [6.45, 7) is 0. The molecule has 29 heavy (non-hydrogen) atoms. The molecular weight excluding hydrogens is 380 g/mol. The fourth-order valence-electron chi connectivity index (χ4n) is 3.81. The third-order valence-electron chi connectivity index (χ3n) is 5.43.